The Morgan fingerprint density at radius 1 is 0.667 bits per heavy atom. The highest BCUT2D eigenvalue weighted by Crippen LogP contribution is 2.14. The molecule has 0 spiro atoms. The van der Waals surface area contributed by atoms with Gasteiger partial charge in [0.2, 0.25) is 0 Å². The monoisotopic (exact) mass is 400 g/mol. The van der Waals surface area contributed by atoms with Crippen molar-refractivity contribution >= 4 is 6.08 Å². The minimum atomic E-state index is 0.620. The summed E-state index contributed by atoms with van der Waals surface area (Å²) in [5.41, 5.74) is 3.88. The number of hydrogen-bond acceptors (Lipinski definition) is 1. The van der Waals surface area contributed by atoms with Crippen LogP contribution in [0.25, 0.3) is 6.08 Å². The third-order valence-corrected chi connectivity index (χ3v) is 5.81. The van der Waals surface area contributed by atoms with Crippen LogP contribution in [0.15, 0.2) is 91.0 Å². The summed E-state index contributed by atoms with van der Waals surface area (Å²) in [7, 11) is 0. The van der Waals surface area contributed by atoms with Gasteiger partial charge in [0.1, 0.15) is 45.1 Å². The summed E-state index contributed by atoms with van der Waals surface area (Å²) in [5, 5.41) is 0. The smallest absolute Gasteiger partial charge is 0.127 e. The zero-order chi connectivity index (χ0) is 20.4. The van der Waals surface area contributed by atoms with E-state index in [9.17, 15) is 0 Å². The highest BCUT2D eigenvalue weighted by molar-refractivity contribution is 5.48. The van der Waals surface area contributed by atoms with Crippen molar-refractivity contribution in [3.8, 4) is 5.75 Å². The van der Waals surface area contributed by atoms with Crippen LogP contribution in [-0.4, -0.2) is 32.7 Å². The van der Waals surface area contributed by atoms with Gasteiger partial charge in [-0.15, -0.1) is 0 Å². The second-order valence-corrected chi connectivity index (χ2v) is 8.11. The molecule has 1 aliphatic rings. The molecule has 1 heterocycles. The first-order chi connectivity index (χ1) is 14.8. The van der Waals surface area contributed by atoms with Gasteiger partial charge >= 0.3 is 0 Å². The van der Waals surface area contributed by atoms with Gasteiger partial charge in [-0.1, -0.05) is 66.7 Å². The Balaban J connectivity index is 1.18. The first-order valence-corrected chi connectivity index (χ1v) is 11.0. The van der Waals surface area contributed by atoms with Gasteiger partial charge in [-0.05, 0) is 41.5 Å². The topological polar surface area (TPSA) is 18.1 Å². The van der Waals surface area contributed by atoms with E-state index in [1.807, 2.05) is 18.2 Å². The molecule has 0 aliphatic carbocycles. The number of piperazine rings is 1. The Morgan fingerprint density at radius 2 is 1.30 bits per heavy atom. The summed E-state index contributed by atoms with van der Waals surface area (Å²) in [4.78, 5) is 3.37. The molecule has 154 valence electrons. The van der Waals surface area contributed by atoms with Crippen LogP contribution in [0.3, 0.4) is 0 Å². The summed E-state index contributed by atoms with van der Waals surface area (Å²) < 4.78 is 5.90. The molecule has 0 amide bonds. The maximum Gasteiger partial charge on any atom is 0.127 e. The quantitative estimate of drug-likeness (QED) is 0.594. The molecular weight excluding hydrogens is 368 g/mol. The number of benzene rings is 3. The molecule has 1 aliphatic heterocycles. The van der Waals surface area contributed by atoms with Crippen molar-refractivity contribution in [2.45, 2.75) is 13.2 Å². The molecule has 3 aromatic rings. The normalized spacial score (nSPS) is 19.1. The van der Waals surface area contributed by atoms with Crippen LogP contribution < -0.4 is 14.5 Å². The van der Waals surface area contributed by atoms with Crippen molar-refractivity contribution in [3.05, 3.63) is 108 Å². The number of rotatable bonds is 8. The van der Waals surface area contributed by atoms with Crippen molar-refractivity contribution in [2.75, 3.05) is 32.7 Å². The summed E-state index contributed by atoms with van der Waals surface area (Å²) in [6.45, 7) is 7.80. The molecule has 1 saturated heterocycles. The Hall–Kier alpha value is -2.88. The van der Waals surface area contributed by atoms with Gasteiger partial charge in [-0.2, -0.15) is 0 Å². The Kier molecular flexibility index (Phi) is 7.32. The third kappa shape index (κ3) is 6.31. The number of nitrogens with one attached hydrogen (secondary N) is 2. The number of ether oxygens (including phenoxy) is 1. The van der Waals surface area contributed by atoms with E-state index in [2.05, 4.69) is 78.9 Å². The second kappa shape index (κ2) is 10.8. The predicted octanol–water partition coefficient (Wildman–Crippen LogP) is 2.26. The lowest BCUT2D eigenvalue weighted by Gasteiger charge is -2.29. The van der Waals surface area contributed by atoms with E-state index in [1.54, 1.807) is 9.80 Å². The average Bonchev–Trinajstić information content (AvgIpc) is 2.81. The highest BCUT2D eigenvalue weighted by atomic mass is 16.5. The molecule has 0 bridgehead atoms. The SMILES string of the molecule is C(=Cc1ccccc1)C[NH+]1CC[NH+](Cc2ccc(OCc3ccccc3)cc2)CC1. The van der Waals surface area contributed by atoms with Gasteiger partial charge in [0, 0.05) is 5.56 Å². The molecule has 0 unspecified atom stereocenters. The first kappa shape index (κ1) is 20.4. The van der Waals surface area contributed by atoms with Gasteiger partial charge in [-0.25, -0.2) is 0 Å². The van der Waals surface area contributed by atoms with Crippen molar-refractivity contribution in [3.63, 3.8) is 0 Å². The van der Waals surface area contributed by atoms with Gasteiger partial charge in [-0.3, -0.25) is 0 Å². The molecule has 1 fully saturated rings. The van der Waals surface area contributed by atoms with Gasteiger partial charge in [0.05, 0.1) is 6.54 Å². The molecule has 0 aromatic heterocycles. The summed E-state index contributed by atoms with van der Waals surface area (Å²) >= 11 is 0. The van der Waals surface area contributed by atoms with Gasteiger partial charge < -0.3 is 14.5 Å². The molecule has 0 radical (unpaired) electrons. The van der Waals surface area contributed by atoms with Crippen LogP contribution in [0.4, 0.5) is 0 Å². The van der Waals surface area contributed by atoms with E-state index in [-0.39, 0.29) is 0 Å². The van der Waals surface area contributed by atoms with Crippen LogP contribution >= 0.6 is 0 Å². The summed E-state index contributed by atoms with van der Waals surface area (Å²) in [5.74, 6) is 0.942. The summed E-state index contributed by atoms with van der Waals surface area (Å²) in [6.07, 6.45) is 4.57. The van der Waals surface area contributed by atoms with E-state index >= 15 is 0 Å². The van der Waals surface area contributed by atoms with Crippen LogP contribution in [0.5, 0.6) is 5.75 Å². The highest BCUT2D eigenvalue weighted by Gasteiger charge is 2.21. The second-order valence-electron chi connectivity index (χ2n) is 8.11. The zero-order valence-corrected chi connectivity index (χ0v) is 17.6. The van der Waals surface area contributed by atoms with E-state index in [0.29, 0.717) is 6.61 Å². The van der Waals surface area contributed by atoms with Crippen molar-refractivity contribution in [2.24, 2.45) is 0 Å². The molecule has 0 atom stereocenters. The van der Waals surface area contributed by atoms with Gasteiger partial charge in [0.25, 0.3) is 0 Å². The molecule has 2 N–H and O–H groups in total. The molecule has 3 nitrogen and oxygen atoms in total. The van der Waals surface area contributed by atoms with Crippen molar-refractivity contribution < 1.29 is 14.5 Å². The lowest BCUT2D eigenvalue weighted by molar-refractivity contribution is -1.02. The molecule has 4 rings (SSSR count). The van der Waals surface area contributed by atoms with Crippen molar-refractivity contribution in [1.82, 2.24) is 0 Å². The minimum absolute atomic E-state index is 0.620. The maximum absolute atomic E-state index is 5.90. The Bertz CT molecular complexity index is 899. The fourth-order valence-corrected chi connectivity index (χ4v) is 4.00. The van der Waals surface area contributed by atoms with Crippen LogP contribution in [-0.2, 0) is 13.2 Å². The third-order valence-electron chi connectivity index (χ3n) is 5.81. The molecule has 3 aromatic carbocycles. The zero-order valence-electron chi connectivity index (χ0n) is 17.6. The van der Waals surface area contributed by atoms with E-state index in [4.69, 9.17) is 4.74 Å². The summed E-state index contributed by atoms with van der Waals surface area (Å²) in [6, 6.07) is 29.5. The largest absolute Gasteiger partial charge is 0.489 e. The predicted molar refractivity (Wildman–Crippen MR) is 123 cm³/mol. The molecular formula is C27H32N2O+2. The molecule has 0 saturated carbocycles. The van der Waals surface area contributed by atoms with E-state index in [1.165, 1.54) is 42.9 Å². The fourth-order valence-electron chi connectivity index (χ4n) is 4.00. The first-order valence-electron chi connectivity index (χ1n) is 11.0. The maximum atomic E-state index is 5.90. The number of hydrogen-bond donors (Lipinski definition) is 2. The van der Waals surface area contributed by atoms with Crippen LogP contribution in [0.1, 0.15) is 16.7 Å². The lowest BCUT2D eigenvalue weighted by atomic mass is 10.2. The molecule has 3 heteroatoms. The minimum Gasteiger partial charge on any atom is -0.489 e. The van der Waals surface area contributed by atoms with Crippen LogP contribution in [0, 0.1) is 0 Å². The Labute approximate surface area is 180 Å². The van der Waals surface area contributed by atoms with Gasteiger partial charge in [0.15, 0.2) is 0 Å². The molecule has 30 heavy (non-hydrogen) atoms. The fraction of sp³-hybridized carbons (Fsp3) is 0.259. The van der Waals surface area contributed by atoms with E-state index in [0.717, 1.165) is 18.8 Å². The lowest BCUT2D eigenvalue weighted by Crippen LogP contribution is -3.27. The van der Waals surface area contributed by atoms with Crippen molar-refractivity contribution in [1.29, 1.82) is 0 Å². The average molecular weight is 401 g/mol. The van der Waals surface area contributed by atoms with Crippen LogP contribution in [0.2, 0.25) is 0 Å². The van der Waals surface area contributed by atoms with E-state index < -0.39 is 0 Å². The number of quaternary nitrogens is 2. The standard InChI is InChI=1S/C27H30N2O/c1-3-8-24(9-4-1)12-7-17-28-18-20-29(21-19-28)22-25-13-15-27(16-14-25)30-23-26-10-5-2-6-11-26/h1-16H,17-23H2/p+2. The Morgan fingerprint density at radius 3 is 2.00 bits per heavy atom.